The minimum Gasteiger partial charge on any atom is -0.376 e. The van der Waals surface area contributed by atoms with E-state index in [9.17, 15) is 4.79 Å². The SMILES string of the molecule is CN(Cc1ccc2ccccc2n1)C(=O)c1ccc(NCC2CCCCO2)nc1. The zero-order valence-electron chi connectivity index (χ0n) is 16.7. The molecule has 6 nitrogen and oxygen atoms in total. The van der Waals surface area contributed by atoms with Crippen molar-refractivity contribution in [2.45, 2.75) is 31.9 Å². The lowest BCUT2D eigenvalue weighted by molar-refractivity contribution is 0.0247. The molecule has 1 N–H and O–H groups in total. The van der Waals surface area contributed by atoms with Gasteiger partial charge in [-0.1, -0.05) is 24.3 Å². The Labute approximate surface area is 170 Å². The highest BCUT2D eigenvalue weighted by Crippen LogP contribution is 2.15. The number of anilines is 1. The number of nitrogens with one attached hydrogen (secondary N) is 1. The second-order valence-electron chi connectivity index (χ2n) is 7.46. The Bertz CT molecular complexity index is 968. The predicted octanol–water partition coefficient (Wildman–Crippen LogP) is 3.88. The van der Waals surface area contributed by atoms with Crippen molar-refractivity contribution < 1.29 is 9.53 Å². The zero-order chi connectivity index (χ0) is 20.1. The van der Waals surface area contributed by atoms with Crippen molar-refractivity contribution in [3.63, 3.8) is 0 Å². The summed E-state index contributed by atoms with van der Waals surface area (Å²) < 4.78 is 5.72. The molecule has 29 heavy (non-hydrogen) atoms. The fraction of sp³-hybridized carbons (Fsp3) is 0.348. The number of carbonyl (C=O) groups excluding carboxylic acids is 1. The van der Waals surface area contributed by atoms with Crippen LogP contribution in [-0.4, -0.2) is 47.1 Å². The van der Waals surface area contributed by atoms with Gasteiger partial charge < -0.3 is 15.0 Å². The van der Waals surface area contributed by atoms with Crippen LogP contribution in [0.2, 0.25) is 0 Å². The molecule has 3 aromatic rings. The first kappa shape index (κ1) is 19.3. The summed E-state index contributed by atoms with van der Waals surface area (Å²) >= 11 is 0. The lowest BCUT2D eigenvalue weighted by Gasteiger charge is -2.23. The second kappa shape index (κ2) is 9.01. The van der Waals surface area contributed by atoms with Gasteiger partial charge in [-0.2, -0.15) is 0 Å². The van der Waals surface area contributed by atoms with Crippen LogP contribution in [-0.2, 0) is 11.3 Å². The van der Waals surface area contributed by atoms with Crippen molar-refractivity contribution in [3.8, 4) is 0 Å². The van der Waals surface area contributed by atoms with Crippen LogP contribution in [0.1, 0.15) is 35.3 Å². The molecule has 6 heteroatoms. The van der Waals surface area contributed by atoms with E-state index in [-0.39, 0.29) is 12.0 Å². The van der Waals surface area contributed by atoms with E-state index in [0.29, 0.717) is 12.1 Å². The molecule has 1 atom stereocenters. The van der Waals surface area contributed by atoms with Gasteiger partial charge >= 0.3 is 0 Å². The molecule has 3 heterocycles. The molecular formula is C23H26N4O2. The summed E-state index contributed by atoms with van der Waals surface area (Å²) in [6.07, 6.45) is 5.31. The Balaban J connectivity index is 1.35. The molecule has 4 rings (SSSR count). The Morgan fingerprint density at radius 1 is 1.17 bits per heavy atom. The third-order valence-electron chi connectivity index (χ3n) is 5.20. The smallest absolute Gasteiger partial charge is 0.255 e. The van der Waals surface area contributed by atoms with Crippen molar-refractivity contribution in [2.24, 2.45) is 0 Å². The van der Waals surface area contributed by atoms with Gasteiger partial charge in [0.2, 0.25) is 0 Å². The summed E-state index contributed by atoms with van der Waals surface area (Å²) in [7, 11) is 1.78. The van der Waals surface area contributed by atoms with E-state index in [4.69, 9.17) is 4.74 Å². The highest BCUT2D eigenvalue weighted by molar-refractivity contribution is 5.93. The first-order valence-electron chi connectivity index (χ1n) is 10.1. The van der Waals surface area contributed by atoms with Crippen molar-refractivity contribution in [1.82, 2.24) is 14.9 Å². The lowest BCUT2D eigenvalue weighted by Crippen LogP contribution is -2.28. The molecule has 2 aromatic heterocycles. The molecule has 1 amide bonds. The van der Waals surface area contributed by atoms with E-state index < -0.39 is 0 Å². The number of nitrogens with zero attached hydrogens (tertiary/aromatic N) is 3. The van der Waals surface area contributed by atoms with Gasteiger partial charge in [0.25, 0.3) is 5.91 Å². The molecule has 1 aromatic carbocycles. The Kier molecular flexibility index (Phi) is 6.00. The third kappa shape index (κ3) is 4.90. The number of fused-ring (bicyclic) bond motifs is 1. The number of aromatic nitrogens is 2. The molecule has 0 saturated carbocycles. The van der Waals surface area contributed by atoms with Crippen LogP contribution >= 0.6 is 0 Å². The van der Waals surface area contributed by atoms with Gasteiger partial charge in [0.15, 0.2) is 0 Å². The summed E-state index contributed by atoms with van der Waals surface area (Å²) in [6.45, 7) is 2.03. The standard InChI is InChI=1S/C23H26N4O2/c1-27(16-19-11-9-17-6-2-3-8-21(17)26-19)23(28)18-10-12-22(24-14-18)25-15-20-7-4-5-13-29-20/h2-3,6,8-12,14,20H,4-5,7,13,15-16H2,1H3,(H,24,25). The molecule has 1 fully saturated rings. The summed E-state index contributed by atoms with van der Waals surface area (Å²) in [5, 5.41) is 4.39. The highest BCUT2D eigenvalue weighted by atomic mass is 16.5. The number of benzene rings is 1. The Hall–Kier alpha value is -2.99. The number of hydrogen-bond donors (Lipinski definition) is 1. The number of carbonyl (C=O) groups is 1. The molecule has 0 bridgehead atoms. The van der Waals surface area contributed by atoms with Gasteiger partial charge in [-0.3, -0.25) is 9.78 Å². The Morgan fingerprint density at radius 2 is 2.07 bits per heavy atom. The van der Waals surface area contributed by atoms with Crippen LogP contribution in [0.4, 0.5) is 5.82 Å². The van der Waals surface area contributed by atoms with E-state index in [2.05, 4.69) is 15.3 Å². The van der Waals surface area contributed by atoms with Crippen molar-refractivity contribution in [1.29, 1.82) is 0 Å². The van der Waals surface area contributed by atoms with Gasteiger partial charge in [0.05, 0.1) is 29.4 Å². The fourth-order valence-corrected chi connectivity index (χ4v) is 3.54. The van der Waals surface area contributed by atoms with Crippen LogP contribution in [0.3, 0.4) is 0 Å². The normalized spacial score (nSPS) is 16.5. The molecule has 150 valence electrons. The topological polar surface area (TPSA) is 67.4 Å². The zero-order valence-corrected chi connectivity index (χ0v) is 16.7. The van der Waals surface area contributed by atoms with E-state index in [1.807, 2.05) is 48.5 Å². The van der Waals surface area contributed by atoms with Crippen LogP contribution < -0.4 is 5.32 Å². The van der Waals surface area contributed by atoms with Gasteiger partial charge in [0.1, 0.15) is 5.82 Å². The predicted molar refractivity (Wildman–Crippen MR) is 114 cm³/mol. The second-order valence-corrected chi connectivity index (χ2v) is 7.46. The molecular weight excluding hydrogens is 364 g/mol. The van der Waals surface area contributed by atoms with E-state index in [1.165, 1.54) is 6.42 Å². The minimum atomic E-state index is -0.0744. The van der Waals surface area contributed by atoms with Gasteiger partial charge in [-0.25, -0.2) is 4.98 Å². The maximum atomic E-state index is 12.7. The maximum Gasteiger partial charge on any atom is 0.255 e. The van der Waals surface area contributed by atoms with Gasteiger partial charge in [-0.05, 0) is 43.5 Å². The number of ether oxygens (including phenoxy) is 1. The molecule has 0 spiro atoms. The summed E-state index contributed by atoms with van der Waals surface area (Å²) in [5.41, 5.74) is 2.36. The number of hydrogen-bond acceptors (Lipinski definition) is 5. The molecule has 1 saturated heterocycles. The number of amides is 1. The molecule has 0 radical (unpaired) electrons. The third-order valence-corrected chi connectivity index (χ3v) is 5.20. The van der Waals surface area contributed by atoms with Crippen LogP contribution in [0.5, 0.6) is 0 Å². The highest BCUT2D eigenvalue weighted by Gasteiger charge is 2.15. The minimum absolute atomic E-state index is 0.0744. The maximum absolute atomic E-state index is 12.7. The van der Waals surface area contributed by atoms with Crippen LogP contribution in [0, 0.1) is 0 Å². The quantitative estimate of drug-likeness (QED) is 0.692. The van der Waals surface area contributed by atoms with Crippen LogP contribution in [0.15, 0.2) is 54.7 Å². The van der Waals surface area contributed by atoms with E-state index in [1.54, 1.807) is 18.1 Å². The van der Waals surface area contributed by atoms with E-state index >= 15 is 0 Å². The van der Waals surface area contributed by atoms with Gasteiger partial charge in [-0.15, -0.1) is 0 Å². The summed E-state index contributed by atoms with van der Waals surface area (Å²) in [6, 6.07) is 15.6. The first-order valence-corrected chi connectivity index (χ1v) is 10.1. The summed E-state index contributed by atoms with van der Waals surface area (Å²) in [4.78, 5) is 23.4. The van der Waals surface area contributed by atoms with Crippen molar-refractivity contribution in [3.05, 3.63) is 66.0 Å². The molecule has 1 aliphatic rings. The average Bonchev–Trinajstić information content (AvgIpc) is 2.78. The van der Waals surface area contributed by atoms with Crippen molar-refractivity contribution in [2.75, 3.05) is 25.5 Å². The Morgan fingerprint density at radius 3 is 2.86 bits per heavy atom. The first-order chi connectivity index (χ1) is 14.2. The monoisotopic (exact) mass is 390 g/mol. The van der Waals surface area contributed by atoms with Crippen LogP contribution in [0.25, 0.3) is 10.9 Å². The average molecular weight is 390 g/mol. The van der Waals surface area contributed by atoms with Gasteiger partial charge in [0, 0.05) is 31.8 Å². The number of rotatable bonds is 6. The molecule has 1 unspecified atom stereocenters. The van der Waals surface area contributed by atoms with Crippen molar-refractivity contribution >= 4 is 22.6 Å². The largest absolute Gasteiger partial charge is 0.376 e. The number of para-hydroxylation sites is 1. The summed E-state index contributed by atoms with van der Waals surface area (Å²) in [5.74, 6) is 0.684. The molecule has 0 aliphatic carbocycles. The lowest BCUT2D eigenvalue weighted by atomic mass is 10.1. The van der Waals surface area contributed by atoms with E-state index in [0.717, 1.165) is 48.4 Å². The number of pyridine rings is 2. The molecule has 1 aliphatic heterocycles. The fourth-order valence-electron chi connectivity index (χ4n) is 3.54.